The van der Waals surface area contributed by atoms with Gasteiger partial charge >= 0.3 is 0 Å². The van der Waals surface area contributed by atoms with Crippen LogP contribution >= 0.6 is 0 Å². The highest BCUT2D eigenvalue weighted by Crippen LogP contribution is 2.10. The van der Waals surface area contributed by atoms with Gasteiger partial charge < -0.3 is 5.32 Å². The average molecular weight is 232 g/mol. The molecule has 0 unspecified atom stereocenters. The van der Waals surface area contributed by atoms with E-state index in [0.29, 0.717) is 6.54 Å². The molecule has 2 rings (SSSR count). The molecule has 1 aliphatic heterocycles. The van der Waals surface area contributed by atoms with Crippen LogP contribution in [0.3, 0.4) is 0 Å². The summed E-state index contributed by atoms with van der Waals surface area (Å²) < 4.78 is 0. The van der Waals surface area contributed by atoms with Gasteiger partial charge in [0.2, 0.25) is 5.91 Å². The molecule has 1 saturated heterocycles. The summed E-state index contributed by atoms with van der Waals surface area (Å²) in [5.74, 6) is 0.0933. The van der Waals surface area contributed by atoms with Crippen LogP contribution in [0.15, 0.2) is 24.3 Å². The molecule has 0 bridgehead atoms. The minimum Gasteiger partial charge on any atom is -0.325 e. The van der Waals surface area contributed by atoms with E-state index in [4.69, 9.17) is 0 Å². The number of rotatable bonds is 3. The van der Waals surface area contributed by atoms with Crippen LogP contribution in [0.2, 0.25) is 0 Å². The van der Waals surface area contributed by atoms with Gasteiger partial charge in [-0.2, -0.15) is 0 Å². The zero-order valence-electron chi connectivity index (χ0n) is 10.4. The van der Waals surface area contributed by atoms with Crippen LogP contribution in [0.4, 0.5) is 5.69 Å². The summed E-state index contributed by atoms with van der Waals surface area (Å²) in [6, 6.07) is 7.92. The highest BCUT2D eigenvalue weighted by atomic mass is 16.2. The Balaban J connectivity index is 1.82. The fourth-order valence-corrected chi connectivity index (χ4v) is 2.16. The van der Waals surface area contributed by atoms with Gasteiger partial charge in [0.25, 0.3) is 0 Å². The van der Waals surface area contributed by atoms with E-state index >= 15 is 0 Å². The third-order valence-electron chi connectivity index (χ3n) is 3.15. The number of carbonyl (C=O) groups excluding carboxylic acids is 1. The van der Waals surface area contributed by atoms with E-state index in [1.54, 1.807) is 0 Å². The number of hydrogen-bond donors (Lipinski definition) is 1. The van der Waals surface area contributed by atoms with Gasteiger partial charge in [-0.25, -0.2) is 0 Å². The molecule has 92 valence electrons. The number of aryl methyl sites for hydroxylation is 1. The number of benzene rings is 1. The number of hydrogen-bond acceptors (Lipinski definition) is 2. The van der Waals surface area contributed by atoms with Gasteiger partial charge in [-0.1, -0.05) is 24.1 Å². The second-order valence-electron chi connectivity index (χ2n) is 4.75. The quantitative estimate of drug-likeness (QED) is 0.868. The summed E-state index contributed by atoms with van der Waals surface area (Å²) in [5.41, 5.74) is 2.09. The Labute approximate surface area is 103 Å². The van der Waals surface area contributed by atoms with Crippen LogP contribution in [0.5, 0.6) is 0 Å². The van der Waals surface area contributed by atoms with Crippen molar-refractivity contribution in [1.29, 1.82) is 0 Å². The summed E-state index contributed by atoms with van der Waals surface area (Å²) in [7, 11) is 0. The summed E-state index contributed by atoms with van der Waals surface area (Å²) in [4.78, 5) is 14.0. The smallest absolute Gasteiger partial charge is 0.238 e. The topological polar surface area (TPSA) is 32.3 Å². The van der Waals surface area contributed by atoms with Crippen molar-refractivity contribution in [2.75, 3.05) is 25.0 Å². The molecule has 1 fully saturated rings. The van der Waals surface area contributed by atoms with Crippen molar-refractivity contribution in [1.82, 2.24) is 4.90 Å². The molecule has 0 aliphatic carbocycles. The predicted molar refractivity (Wildman–Crippen MR) is 70.1 cm³/mol. The molecule has 3 nitrogen and oxygen atoms in total. The maximum Gasteiger partial charge on any atom is 0.238 e. The maximum absolute atomic E-state index is 11.8. The number of carbonyl (C=O) groups is 1. The zero-order chi connectivity index (χ0) is 12.1. The molecule has 0 saturated carbocycles. The van der Waals surface area contributed by atoms with Gasteiger partial charge in [0.15, 0.2) is 0 Å². The normalized spacial score (nSPS) is 16.8. The Kier molecular flexibility index (Phi) is 4.15. The predicted octanol–water partition coefficient (Wildman–Crippen LogP) is 2.42. The van der Waals surface area contributed by atoms with E-state index in [-0.39, 0.29) is 5.91 Å². The molecule has 1 heterocycles. The maximum atomic E-state index is 11.8. The van der Waals surface area contributed by atoms with Crippen LogP contribution in [-0.2, 0) is 4.79 Å². The Morgan fingerprint density at radius 1 is 1.18 bits per heavy atom. The van der Waals surface area contributed by atoms with Crippen molar-refractivity contribution in [3.8, 4) is 0 Å². The third kappa shape index (κ3) is 3.86. The van der Waals surface area contributed by atoms with Gasteiger partial charge in [-0.15, -0.1) is 0 Å². The summed E-state index contributed by atoms with van der Waals surface area (Å²) >= 11 is 0. The number of piperidine rings is 1. The highest BCUT2D eigenvalue weighted by Gasteiger charge is 2.13. The minimum atomic E-state index is 0.0933. The molecule has 0 spiro atoms. The molecule has 3 heteroatoms. The molecule has 1 aromatic carbocycles. The second kappa shape index (κ2) is 5.82. The fourth-order valence-electron chi connectivity index (χ4n) is 2.16. The van der Waals surface area contributed by atoms with Gasteiger partial charge in [0, 0.05) is 5.69 Å². The van der Waals surface area contributed by atoms with Gasteiger partial charge in [0.05, 0.1) is 6.54 Å². The Morgan fingerprint density at radius 3 is 2.47 bits per heavy atom. The third-order valence-corrected chi connectivity index (χ3v) is 3.15. The van der Waals surface area contributed by atoms with E-state index in [2.05, 4.69) is 10.2 Å². The Bertz CT molecular complexity index is 366. The monoisotopic (exact) mass is 232 g/mol. The molecule has 17 heavy (non-hydrogen) atoms. The molecular weight excluding hydrogens is 212 g/mol. The van der Waals surface area contributed by atoms with Crippen molar-refractivity contribution < 1.29 is 4.79 Å². The van der Waals surface area contributed by atoms with Gasteiger partial charge in [-0.05, 0) is 45.0 Å². The van der Waals surface area contributed by atoms with Crippen LogP contribution in [0.1, 0.15) is 24.8 Å². The van der Waals surface area contributed by atoms with Crippen molar-refractivity contribution in [3.05, 3.63) is 29.8 Å². The number of likely N-dealkylation sites (tertiary alicyclic amines) is 1. The molecular formula is C14H20N2O. The molecule has 1 amide bonds. The summed E-state index contributed by atoms with van der Waals surface area (Å²) in [5, 5.41) is 2.94. The number of anilines is 1. The van der Waals surface area contributed by atoms with Crippen LogP contribution in [0, 0.1) is 6.92 Å². The Hall–Kier alpha value is -1.35. The van der Waals surface area contributed by atoms with Crippen molar-refractivity contribution >= 4 is 11.6 Å². The number of nitrogens with one attached hydrogen (secondary N) is 1. The molecule has 1 aliphatic rings. The first-order chi connectivity index (χ1) is 8.24. The highest BCUT2D eigenvalue weighted by molar-refractivity contribution is 5.92. The lowest BCUT2D eigenvalue weighted by atomic mass is 10.1. The first-order valence-electron chi connectivity index (χ1n) is 6.33. The van der Waals surface area contributed by atoms with E-state index in [0.717, 1.165) is 18.8 Å². The summed E-state index contributed by atoms with van der Waals surface area (Å²) in [6.07, 6.45) is 3.74. The SMILES string of the molecule is Cc1ccc(NC(=O)CN2CCCCC2)cc1. The Morgan fingerprint density at radius 2 is 1.82 bits per heavy atom. The van der Waals surface area contributed by atoms with E-state index in [9.17, 15) is 4.79 Å². The van der Waals surface area contributed by atoms with Crippen molar-refractivity contribution in [2.24, 2.45) is 0 Å². The molecule has 0 radical (unpaired) electrons. The van der Waals surface area contributed by atoms with Gasteiger partial charge in [0.1, 0.15) is 0 Å². The van der Waals surface area contributed by atoms with Crippen LogP contribution in [0.25, 0.3) is 0 Å². The first-order valence-corrected chi connectivity index (χ1v) is 6.33. The lowest BCUT2D eigenvalue weighted by molar-refractivity contribution is -0.117. The van der Waals surface area contributed by atoms with Crippen molar-refractivity contribution in [2.45, 2.75) is 26.2 Å². The number of amides is 1. The summed E-state index contributed by atoms with van der Waals surface area (Å²) in [6.45, 7) is 4.68. The van der Waals surface area contributed by atoms with E-state index in [1.165, 1.54) is 24.8 Å². The lowest BCUT2D eigenvalue weighted by Gasteiger charge is -2.25. The van der Waals surface area contributed by atoms with E-state index in [1.807, 2.05) is 31.2 Å². The standard InChI is InChI=1S/C14H20N2O/c1-12-5-7-13(8-6-12)15-14(17)11-16-9-3-2-4-10-16/h5-8H,2-4,9-11H2,1H3,(H,15,17). The van der Waals surface area contributed by atoms with Crippen LogP contribution in [-0.4, -0.2) is 30.4 Å². The van der Waals surface area contributed by atoms with E-state index < -0.39 is 0 Å². The molecule has 0 atom stereocenters. The molecule has 0 aromatic heterocycles. The first kappa shape index (κ1) is 12.1. The van der Waals surface area contributed by atoms with Gasteiger partial charge in [-0.3, -0.25) is 9.69 Å². The lowest BCUT2D eigenvalue weighted by Crippen LogP contribution is -2.36. The largest absolute Gasteiger partial charge is 0.325 e. The fraction of sp³-hybridized carbons (Fsp3) is 0.500. The second-order valence-corrected chi connectivity index (χ2v) is 4.75. The van der Waals surface area contributed by atoms with Crippen LogP contribution < -0.4 is 5.32 Å². The average Bonchev–Trinajstić information content (AvgIpc) is 2.33. The molecule has 1 aromatic rings. The molecule has 1 N–H and O–H groups in total. The van der Waals surface area contributed by atoms with Crippen molar-refractivity contribution in [3.63, 3.8) is 0 Å². The number of nitrogens with zero attached hydrogens (tertiary/aromatic N) is 1. The zero-order valence-corrected chi connectivity index (χ0v) is 10.4. The minimum absolute atomic E-state index is 0.0933.